The number of fused-ring (bicyclic) bond motifs is 1. The Morgan fingerprint density at radius 2 is 1.79 bits per heavy atom. The standard InChI is InChI=1S/C24H17F3N2O4/c1-14(30)32-21-11-10-19-18(21)3-2-4-20(19)33-22-12-9-17(13-28-22)29-23(31)15-5-7-16(8-6-15)24(25,26)27/h2-9,11-13H,10H2,1H3,(H,29,31). The van der Waals surface area contributed by atoms with Crippen molar-refractivity contribution in [2.45, 2.75) is 19.5 Å². The van der Waals surface area contributed by atoms with Gasteiger partial charge in [0.05, 0.1) is 17.4 Å². The minimum Gasteiger partial charge on any atom is -0.439 e. The van der Waals surface area contributed by atoms with Crippen LogP contribution in [0.25, 0.3) is 5.76 Å². The molecule has 0 unspecified atom stereocenters. The molecule has 0 saturated heterocycles. The number of alkyl halides is 3. The van der Waals surface area contributed by atoms with Crippen molar-refractivity contribution in [2.75, 3.05) is 5.32 Å². The second-order valence-electron chi connectivity index (χ2n) is 7.16. The molecule has 1 aromatic heterocycles. The Morgan fingerprint density at radius 3 is 2.42 bits per heavy atom. The van der Waals surface area contributed by atoms with Gasteiger partial charge in [-0.1, -0.05) is 12.1 Å². The van der Waals surface area contributed by atoms with E-state index in [9.17, 15) is 22.8 Å². The van der Waals surface area contributed by atoms with Crippen molar-refractivity contribution < 1.29 is 32.2 Å². The fourth-order valence-corrected chi connectivity index (χ4v) is 3.30. The fourth-order valence-electron chi connectivity index (χ4n) is 3.30. The number of halogens is 3. The van der Waals surface area contributed by atoms with Crippen molar-refractivity contribution in [2.24, 2.45) is 0 Å². The van der Waals surface area contributed by atoms with E-state index in [1.165, 1.54) is 13.1 Å². The molecule has 0 saturated carbocycles. The van der Waals surface area contributed by atoms with Crippen molar-refractivity contribution in [3.8, 4) is 11.6 Å². The third-order valence-electron chi connectivity index (χ3n) is 4.83. The first-order chi connectivity index (χ1) is 15.7. The molecule has 0 radical (unpaired) electrons. The summed E-state index contributed by atoms with van der Waals surface area (Å²) < 4.78 is 49.1. The molecule has 33 heavy (non-hydrogen) atoms. The first-order valence-corrected chi connectivity index (χ1v) is 9.84. The third-order valence-corrected chi connectivity index (χ3v) is 4.83. The van der Waals surface area contributed by atoms with Gasteiger partial charge in [0.2, 0.25) is 5.88 Å². The molecule has 2 aromatic carbocycles. The molecule has 0 aliphatic heterocycles. The number of rotatable bonds is 5. The average molecular weight is 454 g/mol. The molecular formula is C24H17F3N2O4. The first kappa shape index (κ1) is 22.1. The van der Waals surface area contributed by atoms with Crippen molar-refractivity contribution >= 4 is 23.3 Å². The number of aromatic nitrogens is 1. The number of carbonyl (C=O) groups excluding carboxylic acids is 2. The Labute approximate surface area is 186 Å². The van der Waals surface area contributed by atoms with Crippen LogP contribution < -0.4 is 10.1 Å². The Kier molecular flexibility index (Phi) is 5.87. The van der Waals surface area contributed by atoms with Gasteiger partial charge in [-0.2, -0.15) is 13.2 Å². The maximum absolute atomic E-state index is 12.7. The molecule has 1 heterocycles. The SMILES string of the molecule is CC(=O)OC1=CCc2c(Oc3ccc(NC(=O)c4ccc(C(F)(F)F)cc4)cn3)cccc21. The molecule has 3 aromatic rings. The number of ether oxygens (including phenoxy) is 2. The van der Waals surface area contributed by atoms with Crippen LogP contribution in [0.5, 0.6) is 11.6 Å². The number of allylic oxidation sites excluding steroid dienone is 1. The normalized spacial score (nSPS) is 12.5. The maximum atomic E-state index is 12.7. The topological polar surface area (TPSA) is 77.5 Å². The summed E-state index contributed by atoms with van der Waals surface area (Å²) in [5, 5.41) is 2.58. The highest BCUT2D eigenvalue weighted by atomic mass is 19.4. The number of esters is 1. The molecule has 1 aliphatic rings. The lowest BCUT2D eigenvalue weighted by atomic mass is 10.1. The largest absolute Gasteiger partial charge is 0.439 e. The molecule has 168 valence electrons. The lowest BCUT2D eigenvalue weighted by Crippen LogP contribution is -2.13. The van der Waals surface area contributed by atoms with Crippen LogP contribution in [0.15, 0.2) is 66.9 Å². The highest BCUT2D eigenvalue weighted by Crippen LogP contribution is 2.36. The maximum Gasteiger partial charge on any atom is 0.416 e. The fraction of sp³-hybridized carbons (Fsp3) is 0.125. The van der Waals surface area contributed by atoms with Crippen LogP contribution in [-0.2, 0) is 22.1 Å². The second kappa shape index (κ2) is 8.78. The highest BCUT2D eigenvalue weighted by molar-refractivity contribution is 6.04. The molecular weight excluding hydrogens is 437 g/mol. The number of pyridine rings is 1. The van der Waals surface area contributed by atoms with Gasteiger partial charge < -0.3 is 14.8 Å². The van der Waals surface area contributed by atoms with E-state index in [1.54, 1.807) is 30.3 Å². The molecule has 0 atom stereocenters. The first-order valence-electron chi connectivity index (χ1n) is 9.84. The molecule has 6 nitrogen and oxygen atoms in total. The lowest BCUT2D eigenvalue weighted by molar-refractivity contribution is -0.137. The summed E-state index contributed by atoms with van der Waals surface area (Å²) in [7, 11) is 0. The number of carbonyl (C=O) groups is 2. The number of nitrogens with zero attached hydrogens (tertiary/aromatic N) is 1. The van der Waals surface area contributed by atoms with Gasteiger partial charge in [-0.25, -0.2) is 4.98 Å². The summed E-state index contributed by atoms with van der Waals surface area (Å²) in [6.45, 7) is 1.33. The molecule has 4 rings (SSSR count). The van der Waals surface area contributed by atoms with E-state index in [4.69, 9.17) is 9.47 Å². The third kappa shape index (κ3) is 5.03. The van der Waals surface area contributed by atoms with Crippen LogP contribution in [0, 0.1) is 0 Å². The molecule has 0 spiro atoms. The lowest BCUT2D eigenvalue weighted by Gasteiger charge is -2.12. The van der Waals surface area contributed by atoms with E-state index in [1.807, 2.05) is 6.07 Å². The van der Waals surface area contributed by atoms with Crippen molar-refractivity contribution in [1.29, 1.82) is 0 Å². The van der Waals surface area contributed by atoms with Gasteiger partial charge in [0, 0.05) is 29.7 Å². The highest BCUT2D eigenvalue weighted by Gasteiger charge is 2.30. The Balaban J connectivity index is 1.42. The van der Waals surface area contributed by atoms with Gasteiger partial charge in [0.1, 0.15) is 11.5 Å². The predicted molar refractivity (Wildman–Crippen MR) is 114 cm³/mol. The van der Waals surface area contributed by atoms with E-state index in [2.05, 4.69) is 10.3 Å². The van der Waals surface area contributed by atoms with Crippen LogP contribution in [0.2, 0.25) is 0 Å². The molecule has 1 N–H and O–H groups in total. The molecule has 0 bridgehead atoms. The van der Waals surface area contributed by atoms with E-state index >= 15 is 0 Å². The summed E-state index contributed by atoms with van der Waals surface area (Å²) in [5.74, 6) is 0.342. The number of benzene rings is 2. The zero-order valence-electron chi connectivity index (χ0n) is 17.3. The monoisotopic (exact) mass is 454 g/mol. The van der Waals surface area contributed by atoms with Crippen molar-refractivity contribution in [3.05, 3.63) is 89.1 Å². The summed E-state index contributed by atoms with van der Waals surface area (Å²) in [6, 6.07) is 12.4. The van der Waals surface area contributed by atoms with Crippen LogP contribution in [0.3, 0.4) is 0 Å². The van der Waals surface area contributed by atoms with Gasteiger partial charge in [0.15, 0.2) is 0 Å². The van der Waals surface area contributed by atoms with Crippen molar-refractivity contribution in [3.63, 3.8) is 0 Å². The zero-order valence-corrected chi connectivity index (χ0v) is 17.3. The Morgan fingerprint density at radius 1 is 1.03 bits per heavy atom. The Hall–Kier alpha value is -4.14. The minimum atomic E-state index is -4.47. The summed E-state index contributed by atoms with van der Waals surface area (Å²) >= 11 is 0. The zero-order chi connectivity index (χ0) is 23.6. The van der Waals surface area contributed by atoms with E-state index < -0.39 is 23.6 Å². The van der Waals surface area contributed by atoms with Gasteiger partial charge in [-0.3, -0.25) is 9.59 Å². The molecule has 1 amide bonds. The number of hydrogen-bond acceptors (Lipinski definition) is 5. The second-order valence-corrected chi connectivity index (χ2v) is 7.16. The van der Waals surface area contributed by atoms with Gasteiger partial charge >= 0.3 is 12.1 Å². The minimum absolute atomic E-state index is 0.0826. The summed E-state index contributed by atoms with van der Waals surface area (Å²) in [5.41, 5.74) is 1.23. The predicted octanol–water partition coefficient (Wildman–Crippen LogP) is 5.61. The molecule has 1 aliphatic carbocycles. The van der Waals surface area contributed by atoms with Crippen LogP contribution >= 0.6 is 0 Å². The summed E-state index contributed by atoms with van der Waals surface area (Å²) in [4.78, 5) is 27.7. The van der Waals surface area contributed by atoms with Crippen molar-refractivity contribution in [1.82, 2.24) is 4.98 Å². The summed E-state index contributed by atoms with van der Waals surface area (Å²) in [6.07, 6.45) is -0.754. The molecule has 9 heteroatoms. The van der Waals surface area contributed by atoms with E-state index in [0.29, 0.717) is 23.6 Å². The number of anilines is 1. The smallest absolute Gasteiger partial charge is 0.416 e. The van der Waals surface area contributed by atoms with Gasteiger partial charge in [-0.05, 0) is 48.9 Å². The van der Waals surface area contributed by atoms with Gasteiger partial charge in [-0.15, -0.1) is 0 Å². The average Bonchev–Trinajstić information content (AvgIpc) is 3.18. The van der Waals surface area contributed by atoms with E-state index in [0.717, 1.165) is 35.4 Å². The number of amides is 1. The Bertz CT molecular complexity index is 1230. The van der Waals surface area contributed by atoms with Crippen LogP contribution in [0.4, 0.5) is 18.9 Å². The van der Waals surface area contributed by atoms with Crippen LogP contribution in [-0.4, -0.2) is 16.9 Å². The number of nitrogens with one attached hydrogen (secondary N) is 1. The van der Waals surface area contributed by atoms with Gasteiger partial charge in [0.25, 0.3) is 5.91 Å². The van der Waals surface area contributed by atoms with E-state index in [-0.39, 0.29) is 11.4 Å². The van der Waals surface area contributed by atoms with Crippen LogP contribution in [0.1, 0.15) is 34.0 Å². The molecule has 0 fully saturated rings. The number of hydrogen-bond donors (Lipinski definition) is 1. The quantitative estimate of drug-likeness (QED) is 0.508.